The fourth-order valence-electron chi connectivity index (χ4n) is 6.70. The minimum atomic E-state index is 0.602. The van der Waals surface area contributed by atoms with Gasteiger partial charge in [0, 0.05) is 55.3 Å². The van der Waals surface area contributed by atoms with Crippen LogP contribution in [-0.2, 0) is 0 Å². The molecule has 0 aliphatic heterocycles. The van der Waals surface area contributed by atoms with Gasteiger partial charge in [0.05, 0.1) is 5.69 Å². The van der Waals surface area contributed by atoms with E-state index in [-0.39, 0.29) is 0 Å². The van der Waals surface area contributed by atoms with Gasteiger partial charge in [-0.2, -0.15) is 0 Å². The fraction of sp³-hybridized carbons (Fsp3) is 0. The Labute approximate surface area is 250 Å². The molecule has 0 saturated carbocycles. The highest BCUT2D eigenvalue weighted by Gasteiger charge is 2.24. The summed E-state index contributed by atoms with van der Waals surface area (Å²) >= 11 is 0. The molecule has 7 aromatic carbocycles. The molecule has 3 aromatic heterocycles. The van der Waals surface area contributed by atoms with Crippen molar-refractivity contribution in [2.45, 2.75) is 0 Å². The first-order valence-electron chi connectivity index (χ1n) is 14.6. The second-order valence-corrected chi connectivity index (χ2v) is 11.2. The first-order valence-corrected chi connectivity index (χ1v) is 14.6. The maximum absolute atomic E-state index is 6.60. The molecule has 0 aliphatic carbocycles. The predicted molar refractivity (Wildman–Crippen MR) is 177 cm³/mol. The molecule has 0 bridgehead atoms. The summed E-state index contributed by atoms with van der Waals surface area (Å²) in [7, 11) is 0. The number of furan rings is 2. The Balaban J connectivity index is 1.28. The van der Waals surface area contributed by atoms with E-state index in [1.165, 1.54) is 0 Å². The van der Waals surface area contributed by atoms with Crippen LogP contribution < -0.4 is 4.90 Å². The fourth-order valence-corrected chi connectivity index (χ4v) is 6.70. The number of nitrogens with zero attached hydrogens (tertiary/aromatic N) is 2. The maximum Gasteiger partial charge on any atom is 0.227 e. The van der Waals surface area contributed by atoms with E-state index in [1.807, 2.05) is 66.7 Å². The Kier molecular flexibility index (Phi) is 4.66. The Morgan fingerprint density at radius 3 is 2.00 bits per heavy atom. The molecule has 0 spiro atoms. The molecule has 0 unspecified atom stereocenters. The first kappa shape index (κ1) is 23.5. The van der Waals surface area contributed by atoms with E-state index in [4.69, 9.17) is 18.2 Å². The number of oxazole rings is 1. The topological polar surface area (TPSA) is 55.6 Å². The van der Waals surface area contributed by atoms with Gasteiger partial charge < -0.3 is 18.2 Å². The quantitative estimate of drug-likeness (QED) is 0.198. The van der Waals surface area contributed by atoms with Gasteiger partial charge >= 0.3 is 0 Å². The average molecular weight is 567 g/mol. The molecule has 10 aromatic rings. The first-order chi connectivity index (χ1) is 21.8. The molecule has 206 valence electrons. The number of benzene rings is 7. The van der Waals surface area contributed by atoms with Gasteiger partial charge in [0.2, 0.25) is 5.89 Å². The summed E-state index contributed by atoms with van der Waals surface area (Å²) in [4.78, 5) is 7.29. The summed E-state index contributed by atoms with van der Waals surface area (Å²) in [6, 6.07) is 45.5. The monoisotopic (exact) mass is 566 g/mol. The van der Waals surface area contributed by atoms with Crippen LogP contribution in [0.2, 0.25) is 0 Å². The van der Waals surface area contributed by atoms with E-state index in [9.17, 15) is 0 Å². The minimum Gasteiger partial charge on any atom is -0.456 e. The summed E-state index contributed by atoms with van der Waals surface area (Å²) in [5.41, 5.74) is 8.90. The molecule has 0 aliphatic rings. The Bertz CT molecular complexity index is 2660. The zero-order chi connectivity index (χ0) is 28.8. The normalized spacial score (nSPS) is 12.1. The summed E-state index contributed by atoms with van der Waals surface area (Å²) in [5.74, 6) is 0.602. The highest BCUT2D eigenvalue weighted by molar-refractivity contribution is 6.32. The summed E-state index contributed by atoms with van der Waals surface area (Å²) in [6.07, 6.45) is 0. The van der Waals surface area contributed by atoms with Crippen molar-refractivity contribution < 1.29 is 13.3 Å². The smallest absolute Gasteiger partial charge is 0.227 e. The Morgan fingerprint density at radius 1 is 0.432 bits per heavy atom. The van der Waals surface area contributed by atoms with Crippen LogP contribution >= 0.6 is 0 Å². The predicted octanol–water partition coefficient (Wildman–Crippen LogP) is 11.4. The molecule has 0 atom stereocenters. The van der Waals surface area contributed by atoms with Crippen LogP contribution in [0.4, 0.5) is 17.1 Å². The van der Waals surface area contributed by atoms with Crippen LogP contribution in [0.3, 0.4) is 0 Å². The zero-order valence-electron chi connectivity index (χ0n) is 23.3. The second-order valence-electron chi connectivity index (χ2n) is 11.2. The van der Waals surface area contributed by atoms with Crippen LogP contribution in [0.25, 0.3) is 77.2 Å². The molecule has 0 saturated heterocycles. The molecule has 0 radical (unpaired) electrons. The molecule has 3 heterocycles. The van der Waals surface area contributed by atoms with E-state index >= 15 is 0 Å². The minimum absolute atomic E-state index is 0.602. The molecule has 0 fully saturated rings. The largest absolute Gasteiger partial charge is 0.456 e. The number of fused-ring (bicyclic) bond motifs is 6. The van der Waals surface area contributed by atoms with Gasteiger partial charge in [-0.05, 0) is 60.7 Å². The molecule has 5 nitrogen and oxygen atoms in total. The lowest BCUT2D eigenvalue weighted by molar-refractivity contribution is 0.623. The number of aromatic nitrogens is 1. The van der Waals surface area contributed by atoms with E-state index in [0.717, 1.165) is 88.4 Å². The second kappa shape index (κ2) is 8.72. The van der Waals surface area contributed by atoms with Crippen molar-refractivity contribution in [3.63, 3.8) is 0 Å². The third-order valence-electron chi connectivity index (χ3n) is 8.62. The van der Waals surface area contributed by atoms with Crippen LogP contribution in [-0.4, -0.2) is 4.98 Å². The lowest BCUT2D eigenvalue weighted by Crippen LogP contribution is -2.09. The third kappa shape index (κ3) is 3.26. The Morgan fingerprint density at radius 2 is 1.11 bits per heavy atom. The molecule has 0 N–H and O–H groups in total. The van der Waals surface area contributed by atoms with Gasteiger partial charge in [-0.3, -0.25) is 0 Å². The van der Waals surface area contributed by atoms with Crippen LogP contribution in [0, 0.1) is 0 Å². The summed E-state index contributed by atoms with van der Waals surface area (Å²) < 4.78 is 19.3. The maximum atomic E-state index is 6.60. The molecular weight excluding hydrogens is 544 g/mol. The number of hydrogen-bond acceptors (Lipinski definition) is 5. The number of rotatable bonds is 4. The lowest BCUT2D eigenvalue weighted by atomic mass is 9.99. The van der Waals surface area contributed by atoms with Crippen molar-refractivity contribution in [3.8, 4) is 11.5 Å². The van der Waals surface area contributed by atoms with Crippen molar-refractivity contribution in [1.29, 1.82) is 0 Å². The summed E-state index contributed by atoms with van der Waals surface area (Å²) in [5, 5.41) is 6.27. The van der Waals surface area contributed by atoms with Crippen LogP contribution in [0.5, 0.6) is 0 Å². The van der Waals surface area contributed by atoms with Crippen molar-refractivity contribution in [2.24, 2.45) is 0 Å². The van der Waals surface area contributed by atoms with Gasteiger partial charge in [-0.15, -0.1) is 0 Å². The highest BCUT2D eigenvalue weighted by Crippen LogP contribution is 2.47. The van der Waals surface area contributed by atoms with E-state index < -0.39 is 0 Å². The van der Waals surface area contributed by atoms with E-state index in [1.54, 1.807) is 0 Å². The molecule has 44 heavy (non-hydrogen) atoms. The molecule has 0 amide bonds. The van der Waals surface area contributed by atoms with Crippen molar-refractivity contribution in [1.82, 2.24) is 4.98 Å². The van der Waals surface area contributed by atoms with Gasteiger partial charge in [-0.25, -0.2) is 4.98 Å². The third-order valence-corrected chi connectivity index (χ3v) is 8.62. The SMILES string of the molecule is c1ccc(-c2nc3c4cccc5oc6cc(N(c7ccccc7)c7ccc8oc9ccccc9c8c7)cc(c3o2)c6c54)cc1. The zero-order valence-corrected chi connectivity index (χ0v) is 23.3. The van der Waals surface area contributed by atoms with Crippen LogP contribution in [0.1, 0.15) is 0 Å². The molecule has 5 heteroatoms. The number of anilines is 3. The molecule has 10 rings (SSSR count). The number of para-hydroxylation sites is 2. The van der Waals surface area contributed by atoms with Crippen molar-refractivity contribution >= 4 is 82.8 Å². The van der Waals surface area contributed by atoms with Gasteiger partial charge in [0.1, 0.15) is 27.8 Å². The standard InChI is InChI=1S/C39H22N2O3/c1-3-10-23(11-4-1)39-40-37-28-15-9-17-33-35(28)36-30(38(37)44-39)21-26(22-34(36)43-33)41(24-12-5-2-6-13-24)25-18-19-32-29(20-25)27-14-7-8-16-31(27)42-32/h1-22H. The highest BCUT2D eigenvalue weighted by atomic mass is 16.4. The number of hydrogen-bond donors (Lipinski definition) is 0. The van der Waals surface area contributed by atoms with Crippen molar-refractivity contribution in [2.75, 3.05) is 4.90 Å². The van der Waals surface area contributed by atoms with Gasteiger partial charge in [0.15, 0.2) is 5.58 Å². The van der Waals surface area contributed by atoms with Gasteiger partial charge in [0.25, 0.3) is 0 Å². The Hall–Kier alpha value is -6.07. The van der Waals surface area contributed by atoms with Gasteiger partial charge in [-0.1, -0.05) is 66.7 Å². The van der Waals surface area contributed by atoms with E-state index in [2.05, 4.69) is 71.6 Å². The van der Waals surface area contributed by atoms with Crippen molar-refractivity contribution in [3.05, 3.63) is 133 Å². The lowest BCUT2D eigenvalue weighted by Gasteiger charge is -2.25. The van der Waals surface area contributed by atoms with Crippen LogP contribution in [0.15, 0.2) is 147 Å². The average Bonchev–Trinajstić information content (AvgIpc) is 3.79. The molecular formula is C39H22N2O3. The summed E-state index contributed by atoms with van der Waals surface area (Å²) in [6.45, 7) is 0. The van der Waals surface area contributed by atoms with E-state index in [0.29, 0.717) is 5.89 Å².